The summed E-state index contributed by atoms with van der Waals surface area (Å²) in [6.45, 7) is 5.57. The summed E-state index contributed by atoms with van der Waals surface area (Å²) in [4.78, 5) is 17.8. The van der Waals surface area contributed by atoms with E-state index in [4.69, 9.17) is 4.74 Å². The van der Waals surface area contributed by atoms with Gasteiger partial charge in [-0.2, -0.15) is 26.3 Å². The van der Waals surface area contributed by atoms with Crippen LogP contribution in [0, 0.1) is 6.92 Å². The van der Waals surface area contributed by atoms with Gasteiger partial charge in [0.05, 0.1) is 0 Å². The molecule has 3 fully saturated rings. The molecule has 1 aromatic carbocycles. The van der Waals surface area contributed by atoms with E-state index in [1.165, 1.54) is 0 Å². The van der Waals surface area contributed by atoms with E-state index in [0.29, 0.717) is 19.4 Å². The number of amides is 1. The summed E-state index contributed by atoms with van der Waals surface area (Å²) >= 11 is 0. The van der Waals surface area contributed by atoms with Gasteiger partial charge in [-0.05, 0) is 82.3 Å². The molecule has 3 saturated heterocycles. The van der Waals surface area contributed by atoms with E-state index in [-0.39, 0.29) is 24.7 Å². The molecule has 0 radical (unpaired) electrons. The van der Waals surface area contributed by atoms with Crippen molar-refractivity contribution < 1.29 is 40.6 Å². The van der Waals surface area contributed by atoms with Gasteiger partial charge in [-0.3, -0.25) is 4.90 Å². The fourth-order valence-electron chi connectivity index (χ4n) is 5.91. The van der Waals surface area contributed by atoms with E-state index >= 15 is 0 Å². The Labute approximate surface area is 218 Å². The Bertz CT molecular complexity index is 956. The normalized spacial score (nSPS) is 21.9. The molecule has 0 saturated carbocycles. The molecule has 38 heavy (non-hydrogen) atoms. The Morgan fingerprint density at radius 1 is 0.974 bits per heavy atom. The van der Waals surface area contributed by atoms with Crippen molar-refractivity contribution in [2.24, 2.45) is 0 Å². The van der Waals surface area contributed by atoms with Crippen LogP contribution in [0.25, 0.3) is 0 Å². The van der Waals surface area contributed by atoms with Gasteiger partial charge in [-0.25, -0.2) is 4.79 Å². The van der Waals surface area contributed by atoms with Gasteiger partial charge in [0, 0.05) is 38.3 Å². The number of piperidine rings is 2. The zero-order valence-electron chi connectivity index (χ0n) is 21.7. The Balaban J connectivity index is 1.37. The maximum Gasteiger partial charge on any atom is 0.434 e. The van der Waals surface area contributed by atoms with Crippen molar-refractivity contribution in [2.45, 2.75) is 82.1 Å². The van der Waals surface area contributed by atoms with Crippen LogP contribution in [0.5, 0.6) is 5.75 Å². The van der Waals surface area contributed by atoms with Gasteiger partial charge in [-0.1, -0.05) is 6.07 Å². The van der Waals surface area contributed by atoms with E-state index in [9.17, 15) is 31.1 Å². The van der Waals surface area contributed by atoms with E-state index < -0.39 is 24.5 Å². The highest BCUT2D eigenvalue weighted by atomic mass is 19.4. The van der Waals surface area contributed by atoms with Gasteiger partial charge < -0.3 is 19.3 Å². The summed E-state index contributed by atoms with van der Waals surface area (Å²) in [5, 5.41) is 0. The van der Waals surface area contributed by atoms with Crippen LogP contribution in [0.2, 0.25) is 0 Å². The van der Waals surface area contributed by atoms with Crippen LogP contribution in [0.15, 0.2) is 18.2 Å². The SMILES string of the molecule is Cc1cc(CN2CCCC23CCN(C(=O)OC(C(F)(F)F)C(F)(F)F)CC3)cc(OC2CCN(C)CC2)c1. The molecule has 0 atom stereocenters. The standard InChI is InChI=1S/C26H35F6N3O3/c1-18-14-19(16-21(15-18)37-20-4-10-33(2)11-5-20)17-35-9-3-6-24(35)7-12-34(13-8-24)23(36)38-22(25(27,28)29)26(30,31)32/h14-16,20,22H,3-13,17H2,1-2H3. The van der Waals surface area contributed by atoms with Crippen LogP contribution >= 0.6 is 0 Å². The predicted octanol–water partition coefficient (Wildman–Crippen LogP) is 5.53. The second-order valence-electron chi connectivity index (χ2n) is 10.9. The number of rotatable bonds is 5. The molecule has 1 aromatic rings. The molecule has 1 amide bonds. The highest BCUT2D eigenvalue weighted by molar-refractivity contribution is 5.68. The maximum atomic E-state index is 12.8. The summed E-state index contributed by atoms with van der Waals surface area (Å²) in [6, 6.07) is 6.19. The number of likely N-dealkylation sites (tertiary alicyclic amines) is 3. The Morgan fingerprint density at radius 3 is 2.21 bits per heavy atom. The first kappa shape index (κ1) is 28.8. The third kappa shape index (κ3) is 6.86. The third-order valence-electron chi connectivity index (χ3n) is 7.96. The molecule has 3 aliphatic rings. The zero-order valence-corrected chi connectivity index (χ0v) is 21.7. The van der Waals surface area contributed by atoms with Crippen LogP contribution < -0.4 is 4.74 Å². The van der Waals surface area contributed by atoms with Crippen LogP contribution in [0.3, 0.4) is 0 Å². The van der Waals surface area contributed by atoms with E-state index in [1.807, 2.05) is 13.0 Å². The lowest BCUT2D eigenvalue weighted by Gasteiger charge is -2.45. The van der Waals surface area contributed by atoms with Crippen molar-refractivity contribution in [1.82, 2.24) is 14.7 Å². The van der Waals surface area contributed by atoms with Crippen molar-refractivity contribution in [3.05, 3.63) is 29.3 Å². The minimum absolute atomic E-state index is 0.0378. The van der Waals surface area contributed by atoms with Crippen LogP contribution in [-0.4, -0.2) is 90.7 Å². The van der Waals surface area contributed by atoms with E-state index in [2.05, 4.69) is 33.7 Å². The van der Waals surface area contributed by atoms with Crippen molar-refractivity contribution in [3.63, 3.8) is 0 Å². The lowest BCUT2D eigenvalue weighted by Crippen LogP contribution is -2.54. The minimum Gasteiger partial charge on any atom is -0.490 e. The monoisotopic (exact) mass is 551 g/mol. The highest BCUT2D eigenvalue weighted by Crippen LogP contribution is 2.41. The van der Waals surface area contributed by atoms with Crippen molar-refractivity contribution >= 4 is 6.09 Å². The summed E-state index contributed by atoms with van der Waals surface area (Å²) in [5.74, 6) is 0.837. The molecule has 6 nitrogen and oxygen atoms in total. The number of hydrogen-bond donors (Lipinski definition) is 0. The molecule has 12 heteroatoms. The van der Waals surface area contributed by atoms with Gasteiger partial charge in [0.1, 0.15) is 11.9 Å². The number of halogens is 6. The number of benzene rings is 1. The molecule has 3 aliphatic heterocycles. The second-order valence-corrected chi connectivity index (χ2v) is 10.9. The van der Waals surface area contributed by atoms with Crippen LogP contribution in [-0.2, 0) is 11.3 Å². The Kier molecular flexibility index (Phi) is 8.42. The number of alkyl halides is 6. The number of aryl methyl sites for hydroxylation is 1. The van der Waals surface area contributed by atoms with Crippen LogP contribution in [0.4, 0.5) is 31.1 Å². The van der Waals surface area contributed by atoms with Gasteiger partial charge in [0.15, 0.2) is 0 Å². The fourth-order valence-corrected chi connectivity index (χ4v) is 5.91. The molecular formula is C26H35F6N3O3. The smallest absolute Gasteiger partial charge is 0.434 e. The fraction of sp³-hybridized carbons (Fsp3) is 0.731. The first-order chi connectivity index (χ1) is 17.7. The summed E-state index contributed by atoms with van der Waals surface area (Å²) in [7, 11) is 2.10. The molecular weight excluding hydrogens is 516 g/mol. The second kappa shape index (κ2) is 11.1. The largest absolute Gasteiger partial charge is 0.490 e. The Hall–Kier alpha value is -2.21. The van der Waals surface area contributed by atoms with Crippen molar-refractivity contribution in [3.8, 4) is 5.75 Å². The predicted molar refractivity (Wildman–Crippen MR) is 128 cm³/mol. The molecule has 1 spiro atoms. The van der Waals surface area contributed by atoms with Gasteiger partial charge >= 0.3 is 18.4 Å². The quantitative estimate of drug-likeness (QED) is 0.451. The van der Waals surface area contributed by atoms with Crippen molar-refractivity contribution in [2.75, 3.05) is 39.8 Å². The van der Waals surface area contributed by atoms with E-state index in [1.54, 1.807) is 0 Å². The molecule has 0 aromatic heterocycles. The molecule has 0 bridgehead atoms. The zero-order chi connectivity index (χ0) is 27.7. The van der Waals surface area contributed by atoms with E-state index in [0.717, 1.165) is 67.1 Å². The maximum absolute atomic E-state index is 12.8. The number of hydrogen-bond acceptors (Lipinski definition) is 5. The number of carbonyl (C=O) groups is 1. The van der Waals surface area contributed by atoms with Gasteiger partial charge in [-0.15, -0.1) is 0 Å². The molecule has 0 N–H and O–H groups in total. The lowest BCUT2D eigenvalue weighted by molar-refractivity contribution is -0.308. The third-order valence-corrected chi connectivity index (χ3v) is 7.96. The average molecular weight is 552 g/mol. The van der Waals surface area contributed by atoms with Gasteiger partial charge in [0.2, 0.25) is 0 Å². The summed E-state index contributed by atoms with van der Waals surface area (Å²) in [6.07, 6.45) is -12.3. The summed E-state index contributed by atoms with van der Waals surface area (Å²) in [5.41, 5.74) is 1.91. The summed E-state index contributed by atoms with van der Waals surface area (Å²) < 4.78 is 87.1. The van der Waals surface area contributed by atoms with Crippen LogP contribution in [0.1, 0.15) is 49.7 Å². The topological polar surface area (TPSA) is 45.3 Å². The first-order valence-electron chi connectivity index (χ1n) is 13.0. The first-order valence-corrected chi connectivity index (χ1v) is 13.0. The van der Waals surface area contributed by atoms with Gasteiger partial charge in [0.25, 0.3) is 6.10 Å². The molecule has 0 aliphatic carbocycles. The number of nitrogens with zero attached hydrogens (tertiary/aromatic N) is 3. The molecule has 3 heterocycles. The molecule has 214 valence electrons. The molecule has 4 rings (SSSR count). The lowest BCUT2D eigenvalue weighted by atomic mass is 9.85. The minimum atomic E-state index is -5.73. The van der Waals surface area contributed by atoms with Crippen molar-refractivity contribution in [1.29, 1.82) is 0 Å². The Morgan fingerprint density at radius 2 is 1.61 bits per heavy atom. The highest BCUT2D eigenvalue weighted by Gasteiger charge is 2.60. The number of ether oxygens (including phenoxy) is 2. The number of carbonyl (C=O) groups excluding carboxylic acids is 1. The molecule has 0 unspecified atom stereocenters. The average Bonchev–Trinajstić information content (AvgIpc) is 3.18.